The van der Waals surface area contributed by atoms with Crippen molar-refractivity contribution in [1.29, 1.82) is 0 Å². The van der Waals surface area contributed by atoms with Gasteiger partial charge in [0.1, 0.15) is 28.9 Å². The van der Waals surface area contributed by atoms with Crippen molar-refractivity contribution in [3.05, 3.63) is 114 Å². The van der Waals surface area contributed by atoms with Gasteiger partial charge in [0.05, 0.1) is 32.8 Å². The lowest BCUT2D eigenvalue weighted by Crippen LogP contribution is -2.38. The number of carbonyl (C=O) groups excluding carboxylic acids is 1. The summed E-state index contributed by atoms with van der Waals surface area (Å²) in [6, 6.07) is 30.0. The van der Waals surface area contributed by atoms with Gasteiger partial charge in [-0.15, -0.1) is 11.8 Å². The van der Waals surface area contributed by atoms with Crippen LogP contribution in [0.15, 0.2) is 102 Å². The highest BCUT2D eigenvalue weighted by molar-refractivity contribution is 7.98. The number of nitrogens with one attached hydrogen (secondary N) is 1. The van der Waals surface area contributed by atoms with Gasteiger partial charge in [0.15, 0.2) is 11.9 Å². The van der Waals surface area contributed by atoms with Crippen LogP contribution in [0.2, 0.25) is 0 Å². The Morgan fingerprint density at radius 2 is 1.42 bits per heavy atom. The summed E-state index contributed by atoms with van der Waals surface area (Å²) in [5.41, 5.74) is 4.25. The van der Waals surface area contributed by atoms with Gasteiger partial charge in [-0.2, -0.15) is 4.98 Å². The zero-order valence-electron chi connectivity index (χ0n) is 25.1. The highest BCUT2D eigenvalue weighted by Crippen LogP contribution is 2.37. The van der Waals surface area contributed by atoms with E-state index in [1.807, 2.05) is 102 Å². The van der Waals surface area contributed by atoms with Gasteiger partial charge in [0, 0.05) is 6.92 Å². The molecule has 4 atom stereocenters. The smallest absolute Gasteiger partial charge is 0.232 e. The summed E-state index contributed by atoms with van der Waals surface area (Å²) < 4.78 is 28.0. The van der Waals surface area contributed by atoms with E-state index in [4.69, 9.17) is 18.9 Å². The van der Waals surface area contributed by atoms with E-state index in [0.29, 0.717) is 36.0 Å². The van der Waals surface area contributed by atoms with E-state index in [2.05, 4.69) is 20.3 Å². The molecule has 1 aliphatic heterocycles. The number of carbonyl (C=O) groups is 1. The molecule has 1 N–H and O–H groups in total. The first-order valence-electron chi connectivity index (χ1n) is 14.7. The molecule has 10 nitrogen and oxygen atoms in total. The standard InChI is InChI=1S/C34H35N5O5S/c1-23(40)36-34-37-31-28(32(38-34)45-2)35-22-39(31)33-30(43-20-26-16-10-5-11-17-26)29(42-19-25-14-8-4-9-15-25)27(44-33)21-41-18-24-12-6-3-7-13-24/h3-17,22,27,29-30,33H,18-21H2,1-2H3,(H,36,37,38,40)/t27-,29-,30+,33-/m1/s1. The number of benzene rings is 3. The number of imidazole rings is 1. The predicted molar refractivity (Wildman–Crippen MR) is 171 cm³/mol. The van der Waals surface area contributed by atoms with Crippen molar-refractivity contribution in [2.45, 2.75) is 56.3 Å². The number of nitrogens with zero attached hydrogens (tertiary/aromatic N) is 4. The van der Waals surface area contributed by atoms with Crippen LogP contribution < -0.4 is 5.32 Å². The number of fused-ring (bicyclic) bond motifs is 1. The molecule has 0 spiro atoms. The van der Waals surface area contributed by atoms with Crippen LogP contribution in [0.25, 0.3) is 11.2 Å². The molecule has 6 rings (SSSR count). The molecule has 0 saturated carbocycles. The van der Waals surface area contributed by atoms with Gasteiger partial charge < -0.3 is 18.9 Å². The van der Waals surface area contributed by atoms with E-state index in [-0.39, 0.29) is 18.5 Å². The molecule has 1 fully saturated rings. The van der Waals surface area contributed by atoms with E-state index >= 15 is 0 Å². The van der Waals surface area contributed by atoms with Gasteiger partial charge in [0.25, 0.3) is 0 Å². The minimum Gasteiger partial charge on any atom is -0.374 e. The minimum atomic E-state index is -0.653. The topological polar surface area (TPSA) is 110 Å². The fourth-order valence-electron chi connectivity index (χ4n) is 5.28. The number of thioether (sulfide) groups is 1. The maximum absolute atomic E-state index is 11.9. The summed E-state index contributed by atoms with van der Waals surface area (Å²) in [5, 5.41) is 3.34. The Hall–Kier alpha value is -4.13. The second kappa shape index (κ2) is 14.8. The Labute approximate surface area is 266 Å². The number of aromatic nitrogens is 4. The molecule has 3 heterocycles. The maximum atomic E-state index is 11.9. The molecular formula is C34H35N5O5S. The molecule has 0 unspecified atom stereocenters. The van der Waals surface area contributed by atoms with Crippen molar-refractivity contribution < 1.29 is 23.7 Å². The Morgan fingerprint density at radius 1 is 0.844 bits per heavy atom. The van der Waals surface area contributed by atoms with Crippen LogP contribution in [0.5, 0.6) is 0 Å². The highest BCUT2D eigenvalue weighted by atomic mass is 32.2. The van der Waals surface area contributed by atoms with Crippen molar-refractivity contribution in [3.8, 4) is 0 Å². The first-order chi connectivity index (χ1) is 22.1. The fourth-order valence-corrected chi connectivity index (χ4v) is 5.79. The monoisotopic (exact) mass is 625 g/mol. The average Bonchev–Trinajstić information content (AvgIpc) is 3.64. The van der Waals surface area contributed by atoms with Crippen LogP contribution in [0.4, 0.5) is 5.95 Å². The molecule has 0 bridgehead atoms. The summed E-state index contributed by atoms with van der Waals surface area (Å²) in [7, 11) is 0. The molecule has 232 valence electrons. The van der Waals surface area contributed by atoms with Gasteiger partial charge >= 0.3 is 0 Å². The number of ether oxygens (including phenoxy) is 4. The molecule has 1 amide bonds. The number of hydrogen-bond donors (Lipinski definition) is 1. The molecule has 3 aromatic carbocycles. The Morgan fingerprint density at radius 3 is 2.00 bits per heavy atom. The SMILES string of the molecule is CSc1nc(NC(C)=O)nc2c1ncn2[C@@H]1O[C@H](COCc2ccccc2)[C@@H](OCc2ccccc2)[C@@H]1OCc1ccccc1. The first kappa shape index (κ1) is 30.9. The molecule has 2 aromatic heterocycles. The zero-order valence-corrected chi connectivity index (χ0v) is 25.9. The van der Waals surface area contributed by atoms with Crippen LogP contribution >= 0.6 is 11.8 Å². The number of anilines is 1. The minimum absolute atomic E-state index is 0.195. The van der Waals surface area contributed by atoms with Crippen molar-refractivity contribution >= 4 is 34.8 Å². The number of rotatable bonds is 13. The molecule has 45 heavy (non-hydrogen) atoms. The largest absolute Gasteiger partial charge is 0.374 e. The molecule has 1 aliphatic rings. The summed E-state index contributed by atoms with van der Waals surface area (Å²) in [6.07, 6.45) is 1.44. The van der Waals surface area contributed by atoms with Gasteiger partial charge in [0.2, 0.25) is 11.9 Å². The van der Waals surface area contributed by atoms with Gasteiger partial charge in [-0.25, -0.2) is 9.97 Å². The molecule has 11 heteroatoms. The first-order valence-corrected chi connectivity index (χ1v) is 16.0. The van der Waals surface area contributed by atoms with E-state index in [9.17, 15) is 4.79 Å². The van der Waals surface area contributed by atoms with E-state index in [1.165, 1.54) is 18.7 Å². The van der Waals surface area contributed by atoms with Crippen molar-refractivity contribution in [3.63, 3.8) is 0 Å². The number of hydrogen-bond acceptors (Lipinski definition) is 9. The molecule has 0 radical (unpaired) electrons. The molecule has 5 aromatic rings. The third-order valence-electron chi connectivity index (χ3n) is 7.39. The van der Waals surface area contributed by atoms with E-state index in [1.54, 1.807) is 6.33 Å². The summed E-state index contributed by atoms with van der Waals surface area (Å²) in [6.45, 7) is 2.86. The lowest BCUT2D eigenvalue weighted by atomic mass is 10.1. The van der Waals surface area contributed by atoms with Crippen molar-refractivity contribution in [1.82, 2.24) is 19.5 Å². The molecular weight excluding hydrogens is 590 g/mol. The Kier molecular flexibility index (Phi) is 10.1. The maximum Gasteiger partial charge on any atom is 0.232 e. The Balaban J connectivity index is 1.34. The lowest BCUT2D eigenvalue weighted by molar-refractivity contribution is -0.114. The second-order valence-corrected chi connectivity index (χ2v) is 11.4. The van der Waals surface area contributed by atoms with Gasteiger partial charge in [-0.3, -0.25) is 14.7 Å². The predicted octanol–water partition coefficient (Wildman–Crippen LogP) is 5.79. The summed E-state index contributed by atoms with van der Waals surface area (Å²) >= 11 is 1.42. The zero-order chi connectivity index (χ0) is 31.0. The lowest BCUT2D eigenvalue weighted by Gasteiger charge is -2.25. The molecule has 1 saturated heterocycles. The quantitative estimate of drug-likeness (QED) is 0.128. The highest BCUT2D eigenvalue weighted by Gasteiger charge is 2.48. The van der Waals surface area contributed by atoms with Crippen LogP contribution in [0, 0.1) is 0 Å². The van der Waals surface area contributed by atoms with Crippen LogP contribution in [-0.2, 0) is 43.6 Å². The van der Waals surface area contributed by atoms with Crippen molar-refractivity contribution in [2.24, 2.45) is 0 Å². The van der Waals surface area contributed by atoms with Crippen LogP contribution in [0.1, 0.15) is 29.8 Å². The van der Waals surface area contributed by atoms with E-state index < -0.39 is 24.5 Å². The average molecular weight is 626 g/mol. The number of amides is 1. The second-order valence-electron chi connectivity index (χ2n) is 10.6. The summed E-state index contributed by atoms with van der Waals surface area (Å²) in [5.74, 6) is -0.0702. The normalized spacial score (nSPS) is 19.6. The Bertz CT molecular complexity index is 1690. The van der Waals surface area contributed by atoms with Crippen LogP contribution in [-0.4, -0.2) is 56.6 Å². The fraction of sp³-hybridized carbons (Fsp3) is 0.294. The van der Waals surface area contributed by atoms with Crippen molar-refractivity contribution in [2.75, 3.05) is 18.2 Å². The summed E-state index contributed by atoms with van der Waals surface area (Å²) in [4.78, 5) is 25.7. The van der Waals surface area contributed by atoms with Gasteiger partial charge in [-0.1, -0.05) is 91.0 Å². The van der Waals surface area contributed by atoms with Crippen LogP contribution in [0.3, 0.4) is 0 Å². The third-order valence-corrected chi connectivity index (χ3v) is 8.07. The molecule has 0 aliphatic carbocycles. The third kappa shape index (κ3) is 7.58. The van der Waals surface area contributed by atoms with E-state index in [0.717, 1.165) is 16.7 Å². The van der Waals surface area contributed by atoms with Gasteiger partial charge in [-0.05, 0) is 22.9 Å².